The smallest absolute Gasteiger partial charge is 0.294 e. The molecule has 1 aromatic heterocycles. The molecule has 2 rings (SSSR count). The summed E-state index contributed by atoms with van der Waals surface area (Å²) in [6.07, 6.45) is 1.43. The number of carbonyl (C=O) groups is 1. The minimum absolute atomic E-state index is 0.203. The summed E-state index contributed by atoms with van der Waals surface area (Å²) in [5.74, 6) is -0.0949. The largest absolute Gasteiger partial charge is 0.351 e. The predicted octanol–water partition coefficient (Wildman–Crippen LogP) is 1.93. The number of anilines is 1. The maximum Gasteiger partial charge on any atom is 0.294 e. The number of hydrogen-bond donors (Lipinski definition) is 1. The molecule has 0 aliphatic heterocycles. The lowest BCUT2D eigenvalue weighted by Gasteiger charge is -2.00. The first-order valence-corrected chi connectivity index (χ1v) is 4.13. The third kappa shape index (κ3) is 1.80. The Morgan fingerprint density at radius 1 is 1.21 bits per heavy atom. The molecule has 70 valence electrons. The number of para-hydroxylation sites is 1. The lowest BCUT2D eigenvalue weighted by atomic mass is 10.3. The first-order chi connectivity index (χ1) is 6.86. The van der Waals surface area contributed by atoms with Crippen LogP contribution in [0.15, 0.2) is 47.1 Å². The molecule has 4 nitrogen and oxygen atoms in total. The van der Waals surface area contributed by atoms with Crippen molar-refractivity contribution in [3.8, 4) is 0 Å². The number of rotatable bonds is 2. The number of hydrogen-bond acceptors (Lipinski definition) is 3. The standard InChI is InChI=1S/C10H8N2O2/c13-10(9-6-7-11-14-9)12-8-4-2-1-3-5-8/h1-7H,(H,12,13). The summed E-state index contributed by atoms with van der Waals surface area (Å²) in [6, 6.07) is 10.7. The highest BCUT2D eigenvalue weighted by Gasteiger charge is 2.08. The van der Waals surface area contributed by atoms with E-state index < -0.39 is 0 Å². The van der Waals surface area contributed by atoms with Gasteiger partial charge in [-0.3, -0.25) is 4.79 Å². The summed E-state index contributed by atoms with van der Waals surface area (Å²) in [7, 11) is 0. The van der Waals surface area contributed by atoms with E-state index in [1.807, 2.05) is 18.2 Å². The van der Waals surface area contributed by atoms with E-state index in [2.05, 4.69) is 10.5 Å². The quantitative estimate of drug-likeness (QED) is 0.783. The van der Waals surface area contributed by atoms with Crippen LogP contribution in [0.1, 0.15) is 10.6 Å². The summed E-state index contributed by atoms with van der Waals surface area (Å²) in [4.78, 5) is 11.4. The SMILES string of the molecule is O=C(Nc1ccccc1)c1ccno1. The second-order valence-electron chi connectivity index (χ2n) is 2.70. The van der Waals surface area contributed by atoms with Crippen LogP contribution in [0, 0.1) is 0 Å². The zero-order valence-corrected chi connectivity index (χ0v) is 7.31. The lowest BCUT2D eigenvalue weighted by molar-refractivity contribution is 0.0988. The van der Waals surface area contributed by atoms with Gasteiger partial charge >= 0.3 is 0 Å². The van der Waals surface area contributed by atoms with E-state index in [1.54, 1.807) is 12.1 Å². The van der Waals surface area contributed by atoms with Crippen molar-refractivity contribution in [2.45, 2.75) is 0 Å². The van der Waals surface area contributed by atoms with Gasteiger partial charge in [-0.1, -0.05) is 23.4 Å². The Morgan fingerprint density at radius 3 is 2.64 bits per heavy atom. The number of benzene rings is 1. The predicted molar refractivity (Wildman–Crippen MR) is 50.9 cm³/mol. The molecule has 14 heavy (non-hydrogen) atoms. The summed E-state index contributed by atoms with van der Waals surface area (Å²) in [6.45, 7) is 0. The second-order valence-corrected chi connectivity index (χ2v) is 2.70. The molecule has 1 aromatic carbocycles. The van der Waals surface area contributed by atoms with E-state index in [-0.39, 0.29) is 11.7 Å². The molecule has 1 heterocycles. The van der Waals surface area contributed by atoms with Crippen LogP contribution in [-0.2, 0) is 0 Å². The van der Waals surface area contributed by atoms with Crippen molar-refractivity contribution < 1.29 is 9.32 Å². The van der Waals surface area contributed by atoms with Crippen molar-refractivity contribution in [2.75, 3.05) is 5.32 Å². The van der Waals surface area contributed by atoms with Gasteiger partial charge in [-0.2, -0.15) is 0 Å². The van der Waals surface area contributed by atoms with E-state index in [1.165, 1.54) is 12.3 Å². The molecular formula is C10H8N2O2. The van der Waals surface area contributed by atoms with Crippen molar-refractivity contribution in [1.29, 1.82) is 0 Å². The maximum atomic E-state index is 11.4. The van der Waals surface area contributed by atoms with E-state index in [9.17, 15) is 4.79 Å². The zero-order chi connectivity index (χ0) is 9.80. The third-order valence-electron chi connectivity index (χ3n) is 1.69. The van der Waals surface area contributed by atoms with E-state index in [4.69, 9.17) is 4.52 Å². The number of amides is 1. The Morgan fingerprint density at radius 2 is 2.00 bits per heavy atom. The molecular weight excluding hydrogens is 180 g/mol. The fourth-order valence-corrected chi connectivity index (χ4v) is 1.05. The molecule has 0 fully saturated rings. The number of carbonyl (C=O) groups excluding carboxylic acids is 1. The van der Waals surface area contributed by atoms with Crippen LogP contribution < -0.4 is 5.32 Å². The van der Waals surface area contributed by atoms with Gasteiger partial charge in [0.15, 0.2) is 0 Å². The molecule has 0 unspecified atom stereocenters. The Hall–Kier alpha value is -2.10. The van der Waals surface area contributed by atoms with Gasteiger partial charge in [0.25, 0.3) is 5.91 Å². The van der Waals surface area contributed by atoms with Crippen molar-refractivity contribution >= 4 is 11.6 Å². The Balaban J connectivity index is 2.10. The van der Waals surface area contributed by atoms with Crippen LogP contribution in [0.2, 0.25) is 0 Å². The van der Waals surface area contributed by atoms with Crippen molar-refractivity contribution in [3.63, 3.8) is 0 Å². The van der Waals surface area contributed by atoms with Crippen LogP contribution in [-0.4, -0.2) is 11.1 Å². The summed E-state index contributed by atoms with van der Waals surface area (Å²) in [5, 5.41) is 6.12. The number of aromatic nitrogens is 1. The number of nitrogens with zero attached hydrogens (tertiary/aromatic N) is 1. The average molecular weight is 188 g/mol. The maximum absolute atomic E-state index is 11.4. The minimum atomic E-state index is -0.297. The monoisotopic (exact) mass is 188 g/mol. The summed E-state index contributed by atoms with van der Waals surface area (Å²) >= 11 is 0. The second kappa shape index (κ2) is 3.74. The Kier molecular flexibility index (Phi) is 2.27. The van der Waals surface area contributed by atoms with Gasteiger partial charge < -0.3 is 9.84 Å². The fraction of sp³-hybridized carbons (Fsp3) is 0. The van der Waals surface area contributed by atoms with Crippen molar-refractivity contribution in [1.82, 2.24) is 5.16 Å². The highest BCUT2D eigenvalue weighted by Crippen LogP contribution is 2.07. The summed E-state index contributed by atoms with van der Waals surface area (Å²) < 4.78 is 4.71. The number of nitrogens with one attached hydrogen (secondary N) is 1. The van der Waals surface area contributed by atoms with E-state index in [0.717, 1.165) is 5.69 Å². The van der Waals surface area contributed by atoms with Gasteiger partial charge in [0, 0.05) is 11.8 Å². The lowest BCUT2D eigenvalue weighted by Crippen LogP contribution is -2.10. The van der Waals surface area contributed by atoms with Gasteiger partial charge in [-0.05, 0) is 12.1 Å². The first kappa shape index (κ1) is 8.50. The van der Waals surface area contributed by atoms with Crippen LogP contribution in [0.3, 0.4) is 0 Å². The molecule has 0 atom stereocenters. The molecule has 0 aliphatic carbocycles. The molecule has 0 bridgehead atoms. The fourth-order valence-electron chi connectivity index (χ4n) is 1.05. The van der Waals surface area contributed by atoms with Gasteiger partial charge in [0.05, 0.1) is 6.20 Å². The topological polar surface area (TPSA) is 55.1 Å². The van der Waals surface area contributed by atoms with Crippen molar-refractivity contribution in [3.05, 3.63) is 48.4 Å². The van der Waals surface area contributed by atoms with E-state index in [0.29, 0.717) is 0 Å². The third-order valence-corrected chi connectivity index (χ3v) is 1.69. The summed E-state index contributed by atoms with van der Waals surface area (Å²) in [5.41, 5.74) is 0.730. The van der Waals surface area contributed by atoms with Crippen LogP contribution in [0.4, 0.5) is 5.69 Å². The van der Waals surface area contributed by atoms with Crippen LogP contribution in [0.5, 0.6) is 0 Å². The molecule has 0 saturated heterocycles. The Labute approximate surface area is 80.5 Å². The molecule has 4 heteroatoms. The molecule has 2 aromatic rings. The van der Waals surface area contributed by atoms with Crippen molar-refractivity contribution in [2.24, 2.45) is 0 Å². The van der Waals surface area contributed by atoms with Gasteiger partial charge in [-0.25, -0.2) is 0 Å². The van der Waals surface area contributed by atoms with Crippen LogP contribution >= 0.6 is 0 Å². The molecule has 1 amide bonds. The highest BCUT2D eigenvalue weighted by atomic mass is 16.5. The normalized spacial score (nSPS) is 9.71. The van der Waals surface area contributed by atoms with Gasteiger partial charge in [0.2, 0.25) is 5.76 Å². The first-order valence-electron chi connectivity index (χ1n) is 4.13. The zero-order valence-electron chi connectivity index (χ0n) is 7.31. The minimum Gasteiger partial charge on any atom is -0.351 e. The molecule has 0 radical (unpaired) electrons. The Bertz CT molecular complexity index is 409. The molecule has 0 aliphatic rings. The van der Waals surface area contributed by atoms with Gasteiger partial charge in [0.1, 0.15) is 0 Å². The average Bonchev–Trinajstić information content (AvgIpc) is 2.72. The highest BCUT2D eigenvalue weighted by molar-refractivity contribution is 6.02. The molecule has 1 N–H and O–H groups in total. The molecule has 0 saturated carbocycles. The van der Waals surface area contributed by atoms with Gasteiger partial charge in [-0.15, -0.1) is 0 Å². The van der Waals surface area contributed by atoms with Crippen LogP contribution in [0.25, 0.3) is 0 Å². The van der Waals surface area contributed by atoms with E-state index >= 15 is 0 Å². The molecule has 0 spiro atoms.